The summed E-state index contributed by atoms with van der Waals surface area (Å²) in [4.78, 5) is 12.3. The minimum Gasteiger partial charge on any atom is -0.493 e. The maximum Gasteiger partial charge on any atom is 0.338 e. The molecule has 0 spiro atoms. The highest BCUT2D eigenvalue weighted by atomic mass is 35.5. The molecule has 2 aromatic heterocycles. The van der Waals surface area contributed by atoms with Crippen LogP contribution in [0.5, 0.6) is 11.5 Å². The Kier molecular flexibility index (Phi) is 6.03. The van der Waals surface area contributed by atoms with E-state index in [0.717, 1.165) is 6.42 Å². The fourth-order valence-corrected chi connectivity index (χ4v) is 2.58. The van der Waals surface area contributed by atoms with Crippen molar-refractivity contribution in [2.24, 2.45) is 0 Å². The summed E-state index contributed by atoms with van der Waals surface area (Å²) in [6, 6.07) is 8.13. The van der Waals surface area contributed by atoms with Crippen LogP contribution in [0.4, 0.5) is 0 Å². The van der Waals surface area contributed by atoms with E-state index in [9.17, 15) is 4.79 Å². The third-order valence-electron chi connectivity index (χ3n) is 3.59. The van der Waals surface area contributed by atoms with E-state index in [0.29, 0.717) is 35.3 Å². The molecule has 8 heteroatoms. The summed E-state index contributed by atoms with van der Waals surface area (Å²) in [5.74, 6) is 1.19. The predicted octanol–water partition coefficient (Wildman–Crippen LogP) is 4.74. The molecule has 7 nitrogen and oxygen atoms in total. The van der Waals surface area contributed by atoms with Gasteiger partial charge < -0.3 is 23.2 Å². The van der Waals surface area contributed by atoms with Gasteiger partial charge in [-0.25, -0.2) is 4.79 Å². The average Bonchev–Trinajstić information content (AvgIpc) is 3.35. The van der Waals surface area contributed by atoms with Crippen LogP contribution in [-0.4, -0.2) is 24.8 Å². The molecule has 0 fully saturated rings. The zero-order valence-corrected chi connectivity index (χ0v) is 15.6. The average molecular weight is 392 g/mol. The van der Waals surface area contributed by atoms with Gasteiger partial charge in [-0.1, -0.05) is 23.7 Å². The molecule has 0 saturated heterocycles. The van der Waals surface area contributed by atoms with Crippen molar-refractivity contribution in [1.82, 2.24) is 5.16 Å². The normalized spacial score (nSPS) is 10.6. The van der Waals surface area contributed by atoms with Crippen LogP contribution in [0, 0.1) is 0 Å². The minimum absolute atomic E-state index is 0.0585. The maximum atomic E-state index is 12.3. The van der Waals surface area contributed by atoms with Gasteiger partial charge in [0.25, 0.3) is 0 Å². The van der Waals surface area contributed by atoms with Gasteiger partial charge in [0.1, 0.15) is 12.3 Å². The lowest BCUT2D eigenvalue weighted by Crippen LogP contribution is -2.07. The Bertz CT molecular complexity index is 903. The van der Waals surface area contributed by atoms with E-state index < -0.39 is 5.97 Å². The van der Waals surface area contributed by atoms with Crippen LogP contribution >= 0.6 is 11.6 Å². The lowest BCUT2D eigenvalue weighted by atomic mass is 10.2. The Hall–Kier alpha value is -2.93. The fraction of sp³-hybridized carbons (Fsp3) is 0.263. The van der Waals surface area contributed by atoms with Gasteiger partial charge in [0, 0.05) is 6.07 Å². The lowest BCUT2D eigenvalue weighted by Gasteiger charge is -2.13. The van der Waals surface area contributed by atoms with Crippen LogP contribution in [0.15, 0.2) is 45.5 Å². The zero-order chi connectivity index (χ0) is 19.2. The standard InChI is InChI=1S/C19H18ClNO6/c1-3-6-25-18-14(20)8-12(9-17(18)23-2)19(22)26-11-13-10-16(27-21-13)15-5-4-7-24-15/h4-5,7-10H,3,6,11H2,1-2H3. The fourth-order valence-electron chi connectivity index (χ4n) is 2.32. The second-order valence-corrected chi connectivity index (χ2v) is 5.98. The van der Waals surface area contributed by atoms with Crippen LogP contribution in [0.25, 0.3) is 11.5 Å². The van der Waals surface area contributed by atoms with Crippen molar-refractivity contribution in [3.8, 4) is 23.0 Å². The van der Waals surface area contributed by atoms with Gasteiger partial charge >= 0.3 is 5.97 Å². The van der Waals surface area contributed by atoms with Crippen LogP contribution in [-0.2, 0) is 11.3 Å². The Labute approximate surface area is 160 Å². The third kappa shape index (κ3) is 4.43. The Morgan fingerprint density at radius 1 is 1.26 bits per heavy atom. The van der Waals surface area contributed by atoms with Gasteiger partial charge in [0.2, 0.25) is 5.76 Å². The first-order valence-corrected chi connectivity index (χ1v) is 8.67. The van der Waals surface area contributed by atoms with Crippen molar-refractivity contribution in [2.45, 2.75) is 20.0 Å². The molecular weight excluding hydrogens is 374 g/mol. The number of aromatic nitrogens is 1. The van der Waals surface area contributed by atoms with E-state index >= 15 is 0 Å². The van der Waals surface area contributed by atoms with Crippen molar-refractivity contribution in [1.29, 1.82) is 0 Å². The number of ether oxygens (including phenoxy) is 3. The lowest BCUT2D eigenvalue weighted by molar-refractivity contribution is 0.0464. The molecule has 0 radical (unpaired) electrons. The summed E-state index contributed by atoms with van der Waals surface area (Å²) in [6.45, 7) is 2.41. The first-order valence-electron chi connectivity index (χ1n) is 8.29. The maximum absolute atomic E-state index is 12.3. The first-order chi connectivity index (χ1) is 13.1. The minimum atomic E-state index is -0.570. The number of methoxy groups -OCH3 is 1. The molecular formula is C19H18ClNO6. The van der Waals surface area contributed by atoms with Gasteiger partial charge in [-0.15, -0.1) is 0 Å². The molecule has 27 heavy (non-hydrogen) atoms. The van der Waals surface area contributed by atoms with Gasteiger partial charge in [0.15, 0.2) is 17.3 Å². The number of halogens is 1. The van der Waals surface area contributed by atoms with Crippen molar-refractivity contribution in [3.63, 3.8) is 0 Å². The predicted molar refractivity (Wildman–Crippen MR) is 97.1 cm³/mol. The van der Waals surface area contributed by atoms with Crippen LogP contribution in [0.1, 0.15) is 29.4 Å². The molecule has 0 aliphatic carbocycles. The molecule has 2 heterocycles. The van der Waals surface area contributed by atoms with Crippen molar-refractivity contribution in [3.05, 3.63) is 52.9 Å². The van der Waals surface area contributed by atoms with Crippen LogP contribution in [0.3, 0.4) is 0 Å². The molecule has 3 aromatic rings. The molecule has 0 bridgehead atoms. The highest BCUT2D eigenvalue weighted by molar-refractivity contribution is 6.32. The topological polar surface area (TPSA) is 83.9 Å². The van der Waals surface area contributed by atoms with Crippen molar-refractivity contribution < 1.29 is 27.9 Å². The number of carbonyl (C=O) groups is 1. The number of hydrogen-bond donors (Lipinski definition) is 0. The number of hydrogen-bond acceptors (Lipinski definition) is 7. The van der Waals surface area contributed by atoms with Crippen LogP contribution in [0.2, 0.25) is 5.02 Å². The molecule has 0 unspecified atom stereocenters. The number of carbonyl (C=O) groups excluding carboxylic acids is 1. The summed E-state index contributed by atoms with van der Waals surface area (Å²) in [5.41, 5.74) is 0.700. The number of nitrogens with zero attached hydrogens (tertiary/aromatic N) is 1. The Morgan fingerprint density at radius 2 is 2.11 bits per heavy atom. The third-order valence-corrected chi connectivity index (χ3v) is 3.87. The SMILES string of the molecule is CCCOc1c(Cl)cc(C(=O)OCc2cc(-c3ccco3)on2)cc1OC. The smallest absolute Gasteiger partial charge is 0.338 e. The molecule has 142 valence electrons. The zero-order valence-electron chi connectivity index (χ0n) is 14.9. The van der Waals surface area contributed by atoms with E-state index in [1.54, 1.807) is 18.2 Å². The van der Waals surface area contributed by atoms with Crippen molar-refractivity contribution >= 4 is 17.6 Å². The van der Waals surface area contributed by atoms with Gasteiger partial charge in [-0.3, -0.25) is 0 Å². The Morgan fingerprint density at radius 3 is 2.81 bits per heavy atom. The monoisotopic (exact) mass is 391 g/mol. The molecule has 0 N–H and O–H groups in total. The Balaban J connectivity index is 1.68. The van der Waals surface area contributed by atoms with E-state index in [1.165, 1.54) is 25.5 Å². The van der Waals surface area contributed by atoms with E-state index in [2.05, 4.69) is 5.16 Å². The number of esters is 1. The summed E-state index contributed by atoms with van der Waals surface area (Å²) < 4.78 is 26.5. The summed E-state index contributed by atoms with van der Waals surface area (Å²) in [6.07, 6.45) is 2.35. The van der Waals surface area contributed by atoms with Gasteiger partial charge in [0.05, 0.1) is 30.6 Å². The highest BCUT2D eigenvalue weighted by Crippen LogP contribution is 2.36. The van der Waals surface area contributed by atoms with Gasteiger partial charge in [-0.05, 0) is 30.7 Å². The second kappa shape index (κ2) is 8.64. The molecule has 0 aliphatic heterocycles. The summed E-state index contributed by atoms with van der Waals surface area (Å²) >= 11 is 6.22. The quantitative estimate of drug-likeness (QED) is 0.512. The van der Waals surface area contributed by atoms with Gasteiger partial charge in [-0.2, -0.15) is 0 Å². The van der Waals surface area contributed by atoms with E-state index in [4.69, 9.17) is 34.8 Å². The molecule has 0 aliphatic rings. The van der Waals surface area contributed by atoms with E-state index in [1.807, 2.05) is 6.92 Å². The van der Waals surface area contributed by atoms with Crippen LogP contribution < -0.4 is 9.47 Å². The summed E-state index contributed by atoms with van der Waals surface area (Å²) in [7, 11) is 1.48. The number of rotatable bonds is 8. The summed E-state index contributed by atoms with van der Waals surface area (Å²) in [5, 5.41) is 4.13. The first kappa shape index (κ1) is 18.8. The molecule has 0 amide bonds. The number of benzene rings is 1. The largest absolute Gasteiger partial charge is 0.493 e. The molecule has 0 atom stereocenters. The van der Waals surface area contributed by atoms with Crippen molar-refractivity contribution in [2.75, 3.05) is 13.7 Å². The molecule has 3 rings (SSSR count). The second-order valence-electron chi connectivity index (χ2n) is 5.57. The number of furan rings is 1. The van der Waals surface area contributed by atoms with E-state index in [-0.39, 0.29) is 17.2 Å². The molecule has 0 saturated carbocycles. The molecule has 1 aromatic carbocycles. The highest BCUT2D eigenvalue weighted by Gasteiger charge is 2.18.